The molecule has 30 heavy (non-hydrogen) atoms. The van der Waals surface area contributed by atoms with Crippen LogP contribution in [0.5, 0.6) is 0 Å². The van der Waals surface area contributed by atoms with E-state index in [9.17, 15) is 14.9 Å². The molecule has 0 bridgehead atoms. The fourth-order valence-electron chi connectivity index (χ4n) is 3.67. The number of nitrogens with one attached hydrogen (secondary N) is 1. The number of nitro benzene ring substituents is 1. The summed E-state index contributed by atoms with van der Waals surface area (Å²) in [6.07, 6.45) is 0. The quantitative estimate of drug-likeness (QED) is 0.496. The van der Waals surface area contributed by atoms with Crippen LogP contribution in [0.15, 0.2) is 36.4 Å². The zero-order chi connectivity index (χ0) is 21.3. The van der Waals surface area contributed by atoms with E-state index in [1.54, 1.807) is 6.07 Å². The summed E-state index contributed by atoms with van der Waals surface area (Å²) in [6.45, 7) is 7.96. The number of benzene rings is 2. The van der Waals surface area contributed by atoms with Crippen molar-refractivity contribution in [3.8, 4) is 0 Å². The summed E-state index contributed by atoms with van der Waals surface area (Å²) in [5.41, 5.74) is 4.52. The molecule has 0 aliphatic carbocycles. The summed E-state index contributed by atoms with van der Waals surface area (Å²) >= 11 is 1.25. The molecule has 1 amide bonds. The average Bonchev–Trinajstić information content (AvgIpc) is 3.12. The van der Waals surface area contributed by atoms with E-state index in [0.717, 1.165) is 26.2 Å². The van der Waals surface area contributed by atoms with Crippen LogP contribution in [-0.2, 0) is 4.79 Å². The van der Waals surface area contributed by atoms with Crippen molar-refractivity contribution in [3.05, 3.63) is 57.6 Å². The number of aromatic nitrogens is 1. The van der Waals surface area contributed by atoms with Crippen molar-refractivity contribution in [2.45, 2.75) is 13.8 Å². The largest absolute Gasteiger partial charge is 0.369 e. The molecule has 0 unspecified atom stereocenters. The number of fused-ring (bicyclic) bond motifs is 1. The number of aryl methyl sites for hydroxylation is 1. The molecule has 1 N–H and O–H groups in total. The predicted molar refractivity (Wildman–Crippen MR) is 119 cm³/mol. The molecular formula is C21H23N5O3S. The second-order valence-corrected chi connectivity index (χ2v) is 8.49. The van der Waals surface area contributed by atoms with Gasteiger partial charge in [-0.2, -0.15) is 0 Å². The molecule has 156 valence electrons. The molecular weight excluding hydrogens is 402 g/mol. The zero-order valence-corrected chi connectivity index (χ0v) is 17.7. The standard InChI is InChI=1S/C21H23N5O3S/c1-14-4-3-5-18(15(14)2)25-10-8-24(9-11-25)13-20(27)23-21-22-17-7-6-16(26(28)29)12-19(17)30-21/h3-7,12H,8-11,13H2,1-2H3,(H,22,23,27). The van der Waals surface area contributed by atoms with E-state index in [1.165, 1.54) is 40.3 Å². The van der Waals surface area contributed by atoms with E-state index in [2.05, 4.69) is 52.1 Å². The first kappa shape index (κ1) is 20.2. The van der Waals surface area contributed by atoms with Crippen LogP contribution in [0.1, 0.15) is 11.1 Å². The van der Waals surface area contributed by atoms with Crippen molar-refractivity contribution in [2.24, 2.45) is 0 Å². The van der Waals surface area contributed by atoms with Crippen molar-refractivity contribution in [2.75, 3.05) is 42.9 Å². The third kappa shape index (κ3) is 4.27. The molecule has 2 heterocycles. The van der Waals surface area contributed by atoms with E-state index >= 15 is 0 Å². The highest BCUT2D eigenvalue weighted by Crippen LogP contribution is 2.29. The fourth-order valence-corrected chi connectivity index (χ4v) is 4.58. The van der Waals surface area contributed by atoms with Crippen LogP contribution in [0, 0.1) is 24.0 Å². The number of hydrogen-bond donors (Lipinski definition) is 1. The van der Waals surface area contributed by atoms with Crippen LogP contribution in [0.4, 0.5) is 16.5 Å². The van der Waals surface area contributed by atoms with Crippen LogP contribution < -0.4 is 10.2 Å². The molecule has 1 aliphatic heterocycles. The lowest BCUT2D eigenvalue weighted by atomic mass is 10.1. The van der Waals surface area contributed by atoms with Crippen molar-refractivity contribution in [3.63, 3.8) is 0 Å². The van der Waals surface area contributed by atoms with Gasteiger partial charge in [-0.25, -0.2) is 4.98 Å². The van der Waals surface area contributed by atoms with Crippen LogP contribution in [0.2, 0.25) is 0 Å². The highest BCUT2D eigenvalue weighted by Gasteiger charge is 2.21. The minimum Gasteiger partial charge on any atom is -0.369 e. The highest BCUT2D eigenvalue weighted by atomic mass is 32.1. The van der Waals surface area contributed by atoms with Crippen molar-refractivity contribution in [1.29, 1.82) is 0 Å². The first-order valence-corrected chi connectivity index (χ1v) is 10.6. The lowest BCUT2D eigenvalue weighted by Gasteiger charge is -2.36. The Morgan fingerprint density at radius 1 is 1.20 bits per heavy atom. The SMILES string of the molecule is Cc1cccc(N2CCN(CC(=O)Nc3nc4ccc([N+](=O)[O-])cc4s3)CC2)c1C. The van der Waals surface area contributed by atoms with Gasteiger partial charge in [0.1, 0.15) is 0 Å². The molecule has 1 aliphatic rings. The average molecular weight is 426 g/mol. The van der Waals surface area contributed by atoms with E-state index in [-0.39, 0.29) is 11.6 Å². The first-order valence-electron chi connectivity index (χ1n) is 9.79. The minimum absolute atomic E-state index is 0.0192. The Morgan fingerprint density at radius 2 is 1.97 bits per heavy atom. The van der Waals surface area contributed by atoms with Crippen LogP contribution in [-0.4, -0.2) is 53.4 Å². The summed E-state index contributed by atoms with van der Waals surface area (Å²) in [5, 5.41) is 14.2. The molecule has 0 saturated carbocycles. The maximum Gasteiger partial charge on any atom is 0.270 e. The fraction of sp³-hybridized carbons (Fsp3) is 0.333. The lowest BCUT2D eigenvalue weighted by molar-refractivity contribution is -0.384. The summed E-state index contributed by atoms with van der Waals surface area (Å²) in [6, 6.07) is 10.9. The number of nitro groups is 1. The van der Waals surface area contributed by atoms with Gasteiger partial charge < -0.3 is 10.2 Å². The van der Waals surface area contributed by atoms with Crippen molar-refractivity contribution < 1.29 is 9.72 Å². The Kier molecular flexibility index (Phi) is 5.65. The van der Waals surface area contributed by atoms with Crippen LogP contribution in [0.3, 0.4) is 0 Å². The van der Waals surface area contributed by atoms with Gasteiger partial charge in [-0.05, 0) is 37.1 Å². The lowest BCUT2D eigenvalue weighted by Crippen LogP contribution is -2.48. The normalized spacial score (nSPS) is 14.8. The number of non-ortho nitro benzene ring substituents is 1. The van der Waals surface area contributed by atoms with Gasteiger partial charge in [0.2, 0.25) is 5.91 Å². The molecule has 3 aromatic rings. The molecule has 8 nitrogen and oxygen atoms in total. The number of nitrogens with zero attached hydrogens (tertiary/aromatic N) is 4. The van der Waals surface area contributed by atoms with Crippen molar-refractivity contribution >= 4 is 44.0 Å². The predicted octanol–water partition coefficient (Wildman–Crippen LogP) is 3.58. The Labute approximate surface area is 178 Å². The second kappa shape index (κ2) is 8.37. The Morgan fingerprint density at radius 3 is 2.70 bits per heavy atom. The summed E-state index contributed by atoms with van der Waals surface area (Å²) in [5.74, 6) is -0.122. The molecule has 1 fully saturated rings. The van der Waals surface area contributed by atoms with E-state index in [0.29, 0.717) is 21.9 Å². The summed E-state index contributed by atoms with van der Waals surface area (Å²) in [7, 11) is 0. The number of amides is 1. The third-order valence-corrected chi connectivity index (χ3v) is 6.42. The van der Waals surface area contributed by atoms with Crippen LogP contribution >= 0.6 is 11.3 Å². The van der Waals surface area contributed by atoms with Gasteiger partial charge in [0.05, 0.1) is 21.7 Å². The number of carbonyl (C=O) groups excluding carboxylic acids is 1. The van der Waals surface area contributed by atoms with Gasteiger partial charge in [-0.1, -0.05) is 23.5 Å². The summed E-state index contributed by atoms with van der Waals surface area (Å²) < 4.78 is 0.682. The smallest absolute Gasteiger partial charge is 0.270 e. The van der Waals surface area contributed by atoms with E-state index in [1.807, 2.05) is 0 Å². The molecule has 1 saturated heterocycles. The van der Waals surface area contributed by atoms with E-state index in [4.69, 9.17) is 0 Å². The van der Waals surface area contributed by atoms with Crippen molar-refractivity contribution in [1.82, 2.24) is 9.88 Å². The number of anilines is 2. The number of piperazine rings is 1. The number of hydrogen-bond acceptors (Lipinski definition) is 7. The Balaban J connectivity index is 1.33. The number of rotatable bonds is 5. The molecule has 1 aromatic heterocycles. The van der Waals surface area contributed by atoms with Gasteiger partial charge >= 0.3 is 0 Å². The third-order valence-electron chi connectivity index (χ3n) is 5.49. The summed E-state index contributed by atoms with van der Waals surface area (Å²) in [4.78, 5) is 31.8. The topological polar surface area (TPSA) is 91.6 Å². The number of carbonyl (C=O) groups is 1. The molecule has 0 radical (unpaired) electrons. The van der Waals surface area contributed by atoms with Gasteiger partial charge in [0, 0.05) is 44.0 Å². The molecule has 9 heteroatoms. The van der Waals surface area contributed by atoms with Gasteiger partial charge in [-0.15, -0.1) is 0 Å². The minimum atomic E-state index is -0.435. The second-order valence-electron chi connectivity index (χ2n) is 7.46. The molecule has 0 atom stereocenters. The van der Waals surface area contributed by atoms with Crippen LogP contribution in [0.25, 0.3) is 10.2 Å². The van der Waals surface area contributed by atoms with E-state index < -0.39 is 4.92 Å². The monoisotopic (exact) mass is 425 g/mol. The maximum absolute atomic E-state index is 12.5. The molecule has 0 spiro atoms. The van der Waals surface area contributed by atoms with Gasteiger partial charge in [0.25, 0.3) is 5.69 Å². The first-order chi connectivity index (χ1) is 14.4. The zero-order valence-electron chi connectivity index (χ0n) is 16.9. The molecule has 2 aromatic carbocycles. The Hall–Kier alpha value is -3.04. The van der Waals surface area contributed by atoms with Gasteiger partial charge in [0.15, 0.2) is 5.13 Å². The number of thiazole rings is 1. The molecule has 4 rings (SSSR count). The highest BCUT2D eigenvalue weighted by molar-refractivity contribution is 7.22. The van der Waals surface area contributed by atoms with Gasteiger partial charge in [-0.3, -0.25) is 19.8 Å². The maximum atomic E-state index is 12.5. The Bertz CT molecular complexity index is 1110.